The average Bonchev–Trinajstić information content (AvgIpc) is 3.96. The molecule has 0 aromatic rings. The highest BCUT2D eigenvalue weighted by Crippen LogP contribution is 2.54. The summed E-state index contributed by atoms with van der Waals surface area (Å²) in [5.74, 6) is -11.2. The topological polar surface area (TPSA) is 233 Å². The summed E-state index contributed by atoms with van der Waals surface area (Å²) in [7, 11) is 0. The molecule has 5 saturated heterocycles. The van der Waals surface area contributed by atoms with E-state index in [1.165, 1.54) is 0 Å². The first-order chi connectivity index (χ1) is 27.1. The Bertz CT molecular complexity index is 1720. The van der Waals surface area contributed by atoms with Crippen LogP contribution in [-0.2, 0) is 38.4 Å². The molecule has 4 saturated carbocycles. The van der Waals surface area contributed by atoms with Gasteiger partial charge in [-0.25, -0.2) is 0 Å². The summed E-state index contributed by atoms with van der Waals surface area (Å²) in [5.41, 5.74) is 0. The second-order valence-electron chi connectivity index (χ2n) is 18.4. The second-order valence-corrected chi connectivity index (χ2v) is 18.4. The minimum atomic E-state index is -0.660. The molecule has 0 aromatic carbocycles. The average molecular weight is 761 g/mol. The van der Waals surface area contributed by atoms with Crippen LogP contribution in [0.25, 0.3) is 0 Å². The summed E-state index contributed by atoms with van der Waals surface area (Å²) in [6.07, 6.45) is 10.8. The van der Waals surface area contributed by atoms with Gasteiger partial charge in [-0.3, -0.25) is 80.9 Å². The van der Waals surface area contributed by atoms with Gasteiger partial charge >= 0.3 is 0 Å². The van der Waals surface area contributed by atoms with E-state index in [2.05, 4.69) is 42.5 Å². The lowest BCUT2D eigenvalue weighted by molar-refractivity contribution is -0.148. The van der Waals surface area contributed by atoms with Crippen LogP contribution < -0.4 is 42.5 Å². The summed E-state index contributed by atoms with van der Waals surface area (Å²) in [4.78, 5) is 108. The molecule has 16 nitrogen and oxygen atoms in total. The predicted molar refractivity (Wildman–Crippen MR) is 188 cm³/mol. The third kappa shape index (κ3) is 3.88. The normalized spacial score (nSPS) is 57.4. The Kier molecular flexibility index (Phi) is 6.45. The molecule has 16 bridgehead atoms. The van der Waals surface area contributed by atoms with Crippen molar-refractivity contribution < 1.29 is 38.4 Å². The smallest absolute Gasteiger partial charge is 0.206 e. The van der Waals surface area contributed by atoms with E-state index in [0.29, 0.717) is 0 Å². The van der Waals surface area contributed by atoms with Crippen LogP contribution in [0, 0.1) is 94.7 Å². The number of carbonyl (C=O) groups is 8. The first-order valence-electron chi connectivity index (χ1n) is 20.2. The maximum atomic E-state index is 13.5. The molecule has 16 atom stereocenters. The summed E-state index contributed by atoms with van der Waals surface area (Å²) < 4.78 is 0. The molecule has 16 unspecified atom stereocenters. The zero-order valence-electron chi connectivity index (χ0n) is 29.7. The van der Waals surface area contributed by atoms with Gasteiger partial charge in [0.15, 0.2) is 0 Å². The minimum Gasteiger partial charge on any atom is -0.290 e. The highest BCUT2D eigenvalue weighted by atomic mass is 16.2. The highest BCUT2D eigenvalue weighted by molar-refractivity contribution is 6.42. The van der Waals surface area contributed by atoms with Crippen LogP contribution in [0.3, 0.4) is 0 Å². The van der Waals surface area contributed by atoms with E-state index in [-0.39, 0.29) is 47.3 Å². The van der Waals surface area contributed by atoms with E-state index in [1.54, 1.807) is 0 Å². The molecule has 0 amide bonds. The lowest BCUT2D eigenvalue weighted by atomic mass is 9.59. The van der Waals surface area contributed by atoms with Gasteiger partial charge in [-0.2, -0.15) is 0 Å². The molecule has 5 heterocycles. The van der Waals surface area contributed by atoms with Gasteiger partial charge in [-0.15, -0.1) is 0 Å². The van der Waals surface area contributed by atoms with Crippen molar-refractivity contribution in [2.24, 2.45) is 94.7 Å². The zero-order chi connectivity index (χ0) is 37.8. The number of fused-ring (bicyclic) bond motifs is 12. The zero-order valence-corrected chi connectivity index (χ0v) is 29.7. The largest absolute Gasteiger partial charge is 0.290 e. The molecule has 5 aliphatic heterocycles. The SMILES string of the molecule is O=C1C(=O)C2C=CC1C1C3NC(NC4NC(NC5NC(NC6NC(N3)C3C7C=CC(C(=O)C7=O)C63)C3C6C=CC(C(=O)C6=O)C53)C3C5C=CC(C(=O)C5=O)C43)C21. The van der Waals surface area contributed by atoms with Crippen LogP contribution in [-0.4, -0.2) is 95.6 Å². The van der Waals surface area contributed by atoms with Crippen LogP contribution in [0.2, 0.25) is 0 Å². The number of hydrogen-bond donors (Lipinski definition) is 8. The van der Waals surface area contributed by atoms with Crippen molar-refractivity contribution in [2.45, 2.75) is 49.3 Å². The van der Waals surface area contributed by atoms with Crippen LogP contribution in [0.1, 0.15) is 0 Å². The van der Waals surface area contributed by atoms with Gasteiger partial charge in [-0.05, 0) is 0 Å². The van der Waals surface area contributed by atoms with Crippen LogP contribution >= 0.6 is 0 Å². The Balaban J connectivity index is 0.945. The number of carbonyl (C=O) groups excluding carboxylic acids is 8. The molecule has 9 fully saturated rings. The summed E-state index contributed by atoms with van der Waals surface area (Å²) in [6, 6.07) is 0. The van der Waals surface area contributed by atoms with Gasteiger partial charge in [0, 0.05) is 94.7 Å². The van der Waals surface area contributed by atoms with E-state index < -0.39 is 143 Å². The van der Waals surface area contributed by atoms with Crippen LogP contribution in [0.15, 0.2) is 48.6 Å². The molecular weight excluding hydrogens is 720 g/mol. The molecule has 17 aliphatic rings. The Morgan fingerprint density at radius 2 is 0.321 bits per heavy atom. The molecule has 12 aliphatic carbocycles. The number of Topliss-reactive ketones (excluding diaryl/α,β-unsaturated/α-hetero) is 8. The third-order valence-electron chi connectivity index (χ3n) is 16.5. The van der Waals surface area contributed by atoms with Crippen LogP contribution in [0.4, 0.5) is 0 Å². The molecular formula is C40H40N8O8. The predicted octanol–water partition coefficient (Wildman–Crippen LogP) is -3.87. The van der Waals surface area contributed by atoms with Gasteiger partial charge in [0.2, 0.25) is 46.3 Å². The van der Waals surface area contributed by atoms with E-state index in [4.69, 9.17) is 0 Å². The Labute approximate surface area is 319 Å². The number of allylic oxidation sites excluding steroid dienone is 8. The van der Waals surface area contributed by atoms with Crippen molar-refractivity contribution in [2.75, 3.05) is 0 Å². The number of nitrogens with one attached hydrogen (secondary N) is 8. The van der Waals surface area contributed by atoms with Crippen molar-refractivity contribution in [3.05, 3.63) is 48.6 Å². The quantitative estimate of drug-likeness (QED) is 0.0872. The number of ketones is 8. The van der Waals surface area contributed by atoms with Crippen LogP contribution in [0.5, 0.6) is 0 Å². The van der Waals surface area contributed by atoms with E-state index in [1.807, 2.05) is 48.6 Å². The fourth-order valence-corrected chi connectivity index (χ4v) is 14.5. The fraction of sp³-hybridized carbons (Fsp3) is 0.600. The van der Waals surface area contributed by atoms with Gasteiger partial charge in [0.1, 0.15) is 0 Å². The van der Waals surface area contributed by atoms with Gasteiger partial charge in [-0.1, -0.05) is 48.6 Å². The summed E-state index contributed by atoms with van der Waals surface area (Å²) in [6.45, 7) is 0. The van der Waals surface area contributed by atoms with Crippen molar-refractivity contribution in [3.63, 3.8) is 0 Å². The molecule has 0 radical (unpaired) electrons. The van der Waals surface area contributed by atoms with Gasteiger partial charge in [0.25, 0.3) is 0 Å². The van der Waals surface area contributed by atoms with Gasteiger partial charge in [0.05, 0.1) is 49.3 Å². The molecule has 0 aromatic heterocycles. The van der Waals surface area contributed by atoms with E-state index in [0.717, 1.165) is 0 Å². The minimum absolute atomic E-state index is 0.326. The Hall–Kier alpha value is -4.00. The van der Waals surface area contributed by atoms with Crippen molar-refractivity contribution >= 4 is 46.3 Å². The highest BCUT2D eigenvalue weighted by Gasteiger charge is 2.67. The summed E-state index contributed by atoms with van der Waals surface area (Å²) >= 11 is 0. The first kappa shape index (κ1) is 33.0. The molecule has 16 heteroatoms. The lowest BCUT2D eigenvalue weighted by Crippen LogP contribution is -2.62. The first-order valence-corrected chi connectivity index (χ1v) is 20.2. The number of rotatable bonds is 0. The lowest BCUT2D eigenvalue weighted by Gasteiger charge is -2.45. The molecule has 56 heavy (non-hydrogen) atoms. The molecule has 8 N–H and O–H groups in total. The molecule has 0 spiro atoms. The number of hydrogen-bond acceptors (Lipinski definition) is 16. The Morgan fingerprint density at radius 3 is 0.429 bits per heavy atom. The van der Waals surface area contributed by atoms with Crippen molar-refractivity contribution in [1.82, 2.24) is 42.5 Å². The standard InChI is InChI=1S/C40H40N8O8/c49-25-9-1-2-10(26(25)50)18-17(9)33-41-34(18)46-36-21-13-5-6-14(30(54)29(13)53)22(21)38(43-36)48-40-24-16-8-7-15(31(55)32(16)56)23(24)39(44-40)47-37-20-12-4-3-11(27(51)28(12)52)19(20)35(42-37)45-33/h1-24,33-48H. The molecule has 288 valence electrons. The van der Waals surface area contributed by atoms with Crippen molar-refractivity contribution in [1.29, 1.82) is 0 Å². The van der Waals surface area contributed by atoms with E-state index in [9.17, 15) is 38.4 Å². The van der Waals surface area contributed by atoms with Crippen molar-refractivity contribution in [3.8, 4) is 0 Å². The Morgan fingerprint density at radius 1 is 0.214 bits per heavy atom. The van der Waals surface area contributed by atoms with E-state index >= 15 is 0 Å². The summed E-state index contributed by atoms with van der Waals surface area (Å²) in [5, 5.41) is 29.9. The second kappa shape index (κ2) is 10.9. The van der Waals surface area contributed by atoms with Gasteiger partial charge < -0.3 is 0 Å². The fourth-order valence-electron chi connectivity index (χ4n) is 14.5. The monoisotopic (exact) mass is 760 g/mol. The maximum absolute atomic E-state index is 13.5. The molecule has 17 rings (SSSR count). The maximum Gasteiger partial charge on any atom is 0.206 e. The third-order valence-corrected chi connectivity index (χ3v) is 16.5.